The van der Waals surface area contributed by atoms with Crippen LogP contribution in [0.25, 0.3) is 0 Å². The first kappa shape index (κ1) is 18.4. The maximum Gasteiger partial charge on any atom is 0.225 e. The smallest absolute Gasteiger partial charge is 0.225 e. The molecular weight excluding hydrogens is 357 g/mol. The summed E-state index contributed by atoms with van der Waals surface area (Å²) in [7, 11) is 0. The number of rotatable bonds is 4. The second kappa shape index (κ2) is 6.45. The van der Waals surface area contributed by atoms with Gasteiger partial charge in [-0.3, -0.25) is 4.79 Å². The summed E-state index contributed by atoms with van der Waals surface area (Å²) in [4.78, 5) is 14.5. The fraction of sp³-hybridized carbons (Fsp3) is 0.696. The second-order valence-corrected chi connectivity index (χ2v) is 10.1. The zero-order valence-electron chi connectivity index (χ0n) is 16.6. The molecule has 1 aromatic carbocycles. The SMILES string of the molecule is CC1(O)CC(C(=O)N2CC3(CCC(Oc4ccc(C5CC5)c(F)c4)CC3)C2)C1. The van der Waals surface area contributed by atoms with Gasteiger partial charge in [0.15, 0.2) is 0 Å². The number of benzene rings is 1. The normalized spacial score (nSPS) is 32.0. The van der Waals surface area contributed by atoms with Crippen molar-refractivity contribution in [2.45, 2.75) is 75.9 Å². The van der Waals surface area contributed by atoms with E-state index >= 15 is 0 Å². The Hall–Kier alpha value is -1.62. The molecule has 0 aromatic heterocycles. The summed E-state index contributed by atoms with van der Waals surface area (Å²) in [5, 5.41) is 9.85. The molecule has 0 radical (unpaired) electrons. The van der Waals surface area contributed by atoms with Gasteiger partial charge in [-0.05, 0) is 75.8 Å². The van der Waals surface area contributed by atoms with E-state index in [4.69, 9.17) is 4.74 Å². The van der Waals surface area contributed by atoms with Crippen LogP contribution in [0.3, 0.4) is 0 Å². The Morgan fingerprint density at radius 3 is 2.43 bits per heavy atom. The largest absolute Gasteiger partial charge is 0.490 e. The third-order valence-corrected chi connectivity index (χ3v) is 7.37. The topological polar surface area (TPSA) is 49.8 Å². The van der Waals surface area contributed by atoms with Crippen molar-refractivity contribution in [3.8, 4) is 5.75 Å². The molecule has 5 heteroatoms. The fourth-order valence-corrected chi connectivity index (χ4v) is 5.49. The number of nitrogens with zero attached hydrogens (tertiary/aromatic N) is 1. The Morgan fingerprint density at radius 2 is 1.86 bits per heavy atom. The number of hydrogen-bond donors (Lipinski definition) is 1. The van der Waals surface area contributed by atoms with Gasteiger partial charge in [0.2, 0.25) is 5.91 Å². The van der Waals surface area contributed by atoms with E-state index in [1.165, 1.54) is 0 Å². The van der Waals surface area contributed by atoms with Gasteiger partial charge in [-0.15, -0.1) is 0 Å². The number of amides is 1. The zero-order chi connectivity index (χ0) is 19.5. The molecule has 4 fully saturated rings. The van der Waals surface area contributed by atoms with Crippen molar-refractivity contribution in [2.75, 3.05) is 13.1 Å². The van der Waals surface area contributed by atoms with E-state index in [-0.39, 0.29) is 29.2 Å². The van der Waals surface area contributed by atoms with Crippen LogP contribution < -0.4 is 4.74 Å². The fourth-order valence-electron chi connectivity index (χ4n) is 5.49. The number of carbonyl (C=O) groups is 1. The minimum atomic E-state index is -0.644. The lowest BCUT2D eigenvalue weighted by atomic mass is 9.66. The van der Waals surface area contributed by atoms with Gasteiger partial charge in [0.25, 0.3) is 0 Å². The highest BCUT2D eigenvalue weighted by molar-refractivity contribution is 5.81. The minimum Gasteiger partial charge on any atom is -0.490 e. The molecule has 1 spiro atoms. The molecule has 4 nitrogen and oxygen atoms in total. The van der Waals surface area contributed by atoms with Gasteiger partial charge in [0, 0.05) is 30.5 Å². The molecule has 0 bridgehead atoms. The average Bonchev–Trinajstić information content (AvgIpc) is 3.43. The monoisotopic (exact) mass is 387 g/mol. The molecule has 1 saturated heterocycles. The van der Waals surface area contributed by atoms with E-state index < -0.39 is 5.60 Å². The van der Waals surface area contributed by atoms with Crippen molar-refractivity contribution in [3.63, 3.8) is 0 Å². The molecule has 3 saturated carbocycles. The lowest BCUT2D eigenvalue weighted by Gasteiger charge is -2.55. The van der Waals surface area contributed by atoms with Gasteiger partial charge in [-0.2, -0.15) is 0 Å². The summed E-state index contributed by atoms with van der Waals surface area (Å²) < 4.78 is 20.3. The third-order valence-electron chi connectivity index (χ3n) is 7.37. The molecule has 0 atom stereocenters. The predicted octanol–water partition coefficient (Wildman–Crippen LogP) is 4.01. The summed E-state index contributed by atoms with van der Waals surface area (Å²) in [5.41, 5.74) is 0.444. The van der Waals surface area contributed by atoms with Crippen LogP contribution in [0.4, 0.5) is 4.39 Å². The predicted molar refractivity (Wildman–Crippen MR) is 104 cm³/mol. The molecule has 1 aromatic rings. The van der Waals surface area contributed by atoms with E-state index in [9.17, 15) is 14.3 Å². The number of aliphatic hydroxyl groups is 1. The first-order chi connectivity index (χ1) is 13.3. The Morgan fingerprint density at radius 1 is 1.18 bits per heavy atom. The lowest BCUT2D eigenvalue weighted by molar-refractivity contribution is -0.164. The molecule has 4 aliphatic rings. The minimum absolute atomic E-state index is 0.0144. The molecule has 1 heterocycles. The van der Waals surface area contributed by atoms with Crippen LogP contribution >= 0.6 is 0 Å². The molecule has 3 aliphatic carbocycles. The highest BCUT2D eigenvalue weighted by Gasteiger charge is 2.51. The van der Waals surface area contributed by atoms with Gasteiger partial charge >= 0.3 is 0 Å². The van der Waals surface area contributed by atoms with Crippen molar-refractivity contribution in [1.82, 2.24) is 4.90 Å². The number of likely N-dealkylation sites (tertiary alicyclic amines) is 1. The van der Waals surface area contributed by atoms with Crippen LogP contribution in [0.5, 0.6) is 5.75 Å². The molecule has 28 heavy (non-hydrogen) atoms. The van der Waals surface area contributed by atoms with Crippen LogP contribution in [-0.2, 0) is 4.79 Å². The summed E-state index contributed by atoms with van der Waals surface area (Å²) >= 11 is 0. The maximum atomic E-state index is 14.2. The molecule has 1 amide bonds. The van der Waals surface area contributed by atoms with E-state index in [1.807, 2.05) is 17.0 Å². The van der Waals surface area contributed by atoms with Crippen LogP contribution in [0.2, 0.25) is 0 Å². The number of hydrogen-bond acceptors (Lipinski definition) is 3. The van der Waals surface area contributed by atoms with Gasteiger partial charge in [-0.1, -0.05) is 6.07 Å². The van der Waals surface area contributed by atoms with Crippen LogP contribution in [-0.4, -0.2) is 40.7 Å². The van der Waals surface area contributed by atoms with Crippen molar-refractivity contribution in [1.29, 1.82) is 0 Å². The van der Waals surface area contributed by atoms with Crippen LogP contribution in [0.15, 0.2) is 18.2 Å². The molecule has 5 rings (SSSR count). The first-order valence-electron chi connectivity index (χ1n) is 10.8. The first-order valence-corrected chi connectivity index (χ1v) is 10.8. The summed E-state index contributed by atoms with van der Waals surface area (Å²) in [6.45, 7) is 3.50. The van der Waals surface area contributed by atoms with E-state index in [0.29, 0.717) is 24.5 Å². The van der Waals surface area contributed by atoms with Crippen molar-refractivity contribution in [3.05, 3.63) is 29.6 Å². The third kappa shape index (κ3) is 3.42. The summed E-state index contributed by atoms with van der Waals surface area (Å²) in [5.74, 6) is 1.17. The average molecular weight is 387 g/mol. The second-order valence-electron chi connectivity index (χ2n) is 10.1. The summed E-state index contributed by atoms with van der Waals surface area (Å²) in [6.07, 6.45) is 7.59. The Kier molecular flexibility index (Phi) is 4.24. The van der Waals surface area contributed by atoms with Crippen molar-refractivity contribution < 1.29 is 19.0 Å². The van der Waals surface area contributed by atoms with Gasteiger partial charge in [-0.25, -0.2) is 4.39 Å². The van der Waals surface area contributed by atoms with Gasteiger partial charge < -0.3 is 14.7 Å². The molecule has 1 N–H and O–H groups in total. The number of carbonyl (C=O) groups excluding carboxylic acids is 1. The molecule has 0 unspecified atom stereocenters. The lowest BCUT2D eigenvalue weighted by Crippen LogP contribution is -2.63. The Labute approximate surface area is 166 Å². The van der Waals surface area contributed by atoms with Crippen LogP contribution in [0.1, 0.15) is 69.8 Å². The van der Waals surface area contributed by atoms with E-state index in [0.717, 1.165) is 57.2 Å². The highest BCUT2D eigenvalue weighted by Crippen LogP contribution is 2.47. The Balaban J connectivity index is 1.10. The van der Waals surface area contributed by atoms with Crippen molar-refractivity contribution >= 4 is 5.91 Å². The number of ether oxygens (including phenoxy) is 1. The van der Waals surface area contributed by atoms with Gasteiger partial charge in [0.05, 0.1) is 11.7 Å². The standard InChI is InChI=1S/C23H30FNO3/c1-22(27)11-16(12-22)21(26)25-13-23(14-25)8-6-17(7-9-23)28-18-4-5-19(15-2-3-15)20(24)10-18/h4-5,10,15-17,27H,2-3,6-9,11-14H2,1H3. The molecular formula is C23H30FNO3. The van der Waals surface area contributed by atoms with E-state index in [1.54, 1.807) is 13.0 Å². The maximum absolute atomic E-state index is 14.2. The quantitative estimate of drug-likeness (QED) is 0.849. The van der Waals surface area contributed by atoms with Crippen molar-refractivity contribution in [2.24, 2.45) is 11.3 Å². The Bertz CT molecular complexity index is 764. The molecule has 1 aliphatic heterocycles. The van der Waals surface area contributed by atoms with Gasteiger partial charge in [0.1, 0.15) is 11.6 Å². The van der Waals surface area contributed by atoms with E-state index in [2.05, 4.69) is 0 Å². The highest BCUT2D eigenvalue weighted by atomic mass is 19.1. The summed E-state index contributed by atoms with van der Waals surface area (Å²) in [6, 6.07) is 5.35. The molecule has 152 valence electrons. The zero-order valence-corrected chi connectivity index (χ0v) is 16.6. The van der Waals surface area contributed by atoms with Crippen LogP contribution in [0, 0.1) is 17.2 Å². The number of halogens is 1.